The Bertz CT molecular complexity index is 387. The topological polar surface area (TPSA) is 69.2 Å². The second kappa shape index (κ2) is 6.11. The Morgan fingerprint density at radius 1 is 0.952 bits per heavy atom. The number of fused-ring (bicyclic) bond motifs is 1. The van der Waals surface area contributed by atoms with Crippen molar-refractivity contribution in [3.05, 3.63) is 6.92 Å². The van der Waals surface area contributed by atoms with Crippen molar-refractivity contribution in [2.45, 2.75) is 69.5 Å². The maximum absolute atomic E-state index is 12.8. The zero-order valence-corrected chi connectivity index (χ0v) is 13.7. The molecule has 0 aromatic carbocycles. The van der Waals surface area contributed by atoms with E-state index >= 15 is 0 Å². The molecule has 3 heterocycles. The molecule has 0 aliphatic carbocycles. The van der Waals surface area contributed by atoms with Crippen molar-refractivity contribution in [1.29, 1.82) is 0 Å². The van der Waals surface area contributed by atoms with Crippen molar-refractivity contribution in [2.24, 2.45) is 0 Å². The molecule has 0 radical (unpaired) electrons. The van der Waals surface area contributed by atoms with Gasteiger partial charge in [-0.25, -0.2) is 0 Å². The molecule has 0 N–H and O–H groups in total. The van der Waals surface area contributed by atoms with Crippen molar-refractivity contribution < 1.29 is 66.5 Å². The number of ether oxygens (including phenoxy) is 5. The molecule has 6 nitrogen and oxygen atoms in total. The van der Waals surface area contributed by atoms with Gasteiger partial charge >= 0.3 is 37.7 Å². The van der Waals surface area contributed by atoms with E-state index in [0.717, 1.165) is 0 Å². The van der Waals surface area contributed by atoms with Crippen LogP contribution in [0.25, 0.3) is 0 Å². The van der Waals surface area contributed by atoms with Crippen LogP contribution >= 0.6 is 0 Å². The minimum absolute atomic E-state index is 0. The van der Waals surface area contributed by atoms with Crippen LogP contribution in [0.1, 0.15) is 27.7 Å². The summed E-state index contributed by atoms with van der Waals surface area (Å²) in [5.41, 5.74) is -1.67. The van der Waals surface area contributed by atoms with Gasteiger partial charge in [-0.1, -0.05) is 0 Å². The molecule has 110 valence electrons. The summed E-state index contributed by atoms with van der Waals surface area (Å²) in [6, 6.07) is 0. The third kappa shape index (κ3) is 3.57. The molecule has 3 fully saturated rings. The van der Waals surface area contributed by atoms with Crippen LogP contribution in [0, 0.1) is 6.92 Å². The van der Waals surface area contributed by atoms with Crippen LogP contribution < -0.4 is 42.8 Å². The van der Waals surface area contributed by atoms with Crippen molar-refractivity contribution in [3.8, 4) is 0 Å². The van der Waals surface area contributed by atoms with Crippen molar-refractivity contribution in [1.82, 2.24) is 0 Å². The minimum atomic E-state index is -1.67. The van der Waals surface area contributed by atoms with E-state index in [9.17, 15) is 5.11 Å². The fourth-order valence-electron chi connectivity index (χ4n) is 2.85. The van der Waals surface area contributed by atoms with E-state index in [2.05, 4.69) is 6.92 Å². The van der Waals surface area contributed by atoms with Crippen molar-refractivity contribution in [3.63, 3.8) is 0 Å². The second-order valence-corrected chi connectivity index (χ2v) is 6.30. The van der Waals surface area contributed by atoms with Crippen LogP contribution in [0.5, 0.6) is 0 Å². The molecule has 3 saturated heterocycles. The van der Waals surface area contributed by atoms with Crippen LogP contribution in [0.15, 0.2) is 0 Å². The first-order valence-corrected chi connectivity index (χ1v) is 6.49. The molecule has 0 bridgehead atoms. The first-order chi connectivity index (χ1) is 8.61. The van der Waals surface area contributed by atoms with E-state index in [1.807, 2.05) is 0 Å². The first kappa shape index (κ1) is 20.0. The van der Waals surface area contributed by atoms with Gasteiger partial charge in [-0.3, -0.25) is 0 Å². The maximum Gasteiger partial charge on any atom is 1.00 e. The Hall–Kier alpha value is 0.955. The molecule has 21 heavy (non-hydrogen) atoms. The summed E-state index contributed by atoms with van der Waals surface area (Å²) in [4.78, 5) is 0. The average Bonchev–Trinajstić information content (AvgIpc) is 2.80. The van der Waals surface area contributed by atoms with Gasteiger partial charge in [0.05, 0.1) is 18.8 Å². The van der Waals surface area contributed by atoms with Crippen LogP contribution in [0.3, 0.4) is 0 Å². The predicted octanol–water partition coefficient (Wildman–Crippen LogP) is -6.04. The smallest absolute Gasteiger partial charge is 0.870 e. The van der Waals surface area contributed by atoms with Crippen molar-refractivity contribution >= 4 is 0 Å². The summed E-state index contributed by atoms with van der Waals surface area (Å²) in [7, 11) is 0. The summed E-state index contributed by atoms with van der Waals surface area (Å²) in [5, 5.41) is 12.8. The summed E-state index contributed by atoms with van der Waals surface area (Å²) < 4.78 is 28.0. The van der Waals surface area contributed by atoms with E-state index in [0.29, 0.717) is 6.61 Å². The molecule has 0 aromatic rings. The molecule has 3 aliphatic heterocycles. The predicted molar refractivity (Wildman–Crippen MR) is 61.7 cm³/mol. The fourth-order valence-corrected chi connectivity index (χ4v) is 2.85. The Balaban J connectivity index is 0.00000110. The van der Waals surface area contributed by atoms with Crippen LogP contribution in [0.4, 0.5) is 0 Å². The zero-order valence-electron chi connectivity index (χ0n) is 13.7. The normalized spacial score (nSPS) is 46.6. The van der Waals surface area contributed by atoms with E-state index in [1.165, 1.54) is 0 Å². The molecule has 5 atom stereocenters. The quantitative estimate of drug-likeness (QED) is 0.353. The molecule has 0 aromatic heterocycles. The molecule has 0 saturated carbocycles. The Morgan fingerprint density at radius 3 is 2.05 bits per heavy atom. The minimum Gasteiger partial charge on any atom is -0.870 e. The Kier molecular flexibility index (Phi) is 5.82. The van der Waals surface area contributed by atoms with Gasteiger partial charge in [0, 0.05) is 0 Å². The van der Waals surface area contributed by atoms with E-state index < -0.39 is 41.8 Å². The van der Waals surface area contributed by atoms with Crippen LogP contribution in [0.2, 0.25) is 0 Å². The van der Waals surface area contributed by atoms with Crippen LogP contribution in [-0.2, 0) is 23.7 Å². The summed E-state index contributed by atoms with van der Waals surface area (Å²) >= 11 is 0. The SMILES string of the molecule is [CH2-][C@@]1([O-])[C@@H]([C@H]2COC(C)(C)O2)O[C@@H]2OC(C)(C)O[C@@H]21.[Li+].[Li+]. The van der Waals surface area contributed by atoms with Crippen molar-refractivity contribution in [2.75, 3.05) is 6.61 Å². The molecular weight excluding hydrogens is 266 g/mol. The molecular formula is C13H20Li2O6. The second-order valence-electron chi connectivity index (χ2n) is 6.30. The largest absolute Gasteiger partial charge is 1.00 e. The first-order valence-electron chi connectivity index (χ1n) is 6.49. The van der Waals surface area contributed by atoms with Gasteiger partial charge in [0.2, 0.25) is 0 Å². The van der Waals surface area contributed by atoms with Gasteiger partial charge in [0.15, 0.2) is 17.9 Å². The standard InChI is InChI=1S/C13H20O6.2Li/c1-11(2)15-6-7(17-11)8-13(5,14)9-10(16-8)19-12(3,4)18-9;;/h7-10H,5-6H2,1-4H3;;/q-2;2*+1/t7-,8-,9+,10-,13-;;/m1../s1. The molecule has 8 heteroatoms. The fraction of sp³-hybridized carbons (Fsp3) is 0.923. The van der Waals surface area contributed by atoms with E-state index in [1.54, 1.807) is 27.7 Å². The molecule has 0 amide bonds. The van der Waals surface area contributed by atoms with E-state index in [-0.39, 0.29) is 37.7 Å². The van der Waals surface area contributed by atoms with Gasteiger partial charge in [0.1, 0.15) is 6.10 Å². The average molecular weight is 286 g/mol. The molecule has 0 spiro atoms. The maximum atomic E-state index is 12.8. The number of hydrogen-bond donors (Lipinski definition) is 0. The third-order valence-electron chi connectivity index (χ3n) is 3.67. The summed E-state index contributed by atoms with van der Waals surface area (Å²) in [6.07, 6.45) is -2.63. The monoisotopic (exact) mass is 286 g/mol. The van der Waals surface area contributed by atoms with Gasteiger partial charge < -0.3 is 35.7 Å². The molecule has 3 aliphatic rings. The van der Waals surface area contributed by atoms with Gasteiger partial charge in [0.25, 0.3) is 0 Å². The van der Waals surface area contributed by atoms with E-state index in [4.69, 9.17) is 23.7 Å². The Labute approximate surface area is 149 Å². The molecule has 3 rings (SSSR count). The zero-order chi connectivity index (χ0) is 14.1. The number of hydrogen-bond acceptors (Lipinski definition) is 6. The summed E-state index contributed by atoms with van der Waals surface area (Å²) in [5.74, 6) is -1.53. The van der Waals surface area contributed by atoms with Gasteiger partial charge in [-0.2, -0.15) is 5.60 Å². The third-order valence-corrected chi connectivity index (χ3v) is 3.67. The van der Waals surface area contributed by atoms with Gasteiger partial charge in [-0.05, 0) is 27.7 Å². The van der Waals surface area contributed by atoms with Crippen LogP contribution in [-0.4, -0.2) is 48.4 Å². The summed E-state index contributed by atoms with van der Waals surface area (Å²) in [6.45, 7) is 11.1. The molecule has 0 unspecified atom stereocenters. The van der Waals surface area contributed by atoms with Gasteiger partial charge in [-0.15, -0.1) is 0 Å². The number of rotatable bonds is 1. The Morgan fingerprint density at radius 2 is 1.57 bits per heavy atom.